The number of alkyl halides is 1. The molecule has 0 spiro atoms. The standard InChI is InChI=1S/C7H13Cl.C7H14/c8-7-5-3-1-2-4-6-7;1-2-4-6-7-5-3-1/h7H,1-6H2;1-7H2. The normalized spacial score (nSPS) is 24.6. The third kappa shape index (κ3) is 8.13. The second-order valence-electron chi connectivity index (χ2n) is 5.06. The Morgan fingerprint density at radius 2 is 0.733 bits per heavy atom. The molecule has 0 amide bonds. The molecule has 0 bridgehead atoms. The zero-order valence-electron chi connectivity index (χ0n) is 10.1. The molecule has 2 aliphatic carbocycles. The molecule has 0 aromatic heterocycles. The summed E-state index contributed by atoms with van der Waals surface area (Å²) >= 11 is 5.92. The van der Waals surface area contributed by atoms with Gasteiger partial charge in [0.1, 0.15) is 0 Å². The van der Waals surface area contributed by atoms with Gasteiger partial charge in [-0.3, -0.25) is 0 Å². The van der Waals surface area contributed by atoms with Gasteiger partial charge in [0.2, 0.25) is 0 Å². The molecule has 0 unspecified atom stereocenters. The van der Waals surface area contributed by atoms with Crippen LogP contribution < -0.4 is 0 Å². The lowest BCUT2D eigenvalue weighted by molar-refractivity contribution is 0.702. The highest BCUT2D eigenvalue weighted by atomic mass is 35.5. The summed E-state index contributed by atoms with van der Waals surface area (Å²) in [5.41, 5.74) is 0. The van der Waals surface area contributed by atoms with Gasteiger partial charge in [-0.1, -0.05) is 70.6 Å². The Kier molecular flexibility index (Phi) is 8.47. The number of halogens is 1. The molecule has 2 aliphatic rings. The van der Waals surface area contributed by atoms with E-state index in [0.717, 1.165) is 0 Å². The smallest absolute Gasteiger partial charge is 0.0336 e. The topological polar surface area (TPSA) is 0 Å². The van der Waals surface area contributed by atoms with E-state index in [2.05, 4.69) is 0 Å². The highest BCUT2D eigenvalue weighted by molar-refractivity contribution is 6.20. The summed E-state index contributed by atoms with van der Waals surface area (Å²) in [5.74, 6) is 0. The van der Waals surface area contributed by atoms with Crippen molar-refractivity contribution in [2.45, 2.75) is 88.8 Å². The van der Waals surface area contributed by atoms with Crippen molar-refractivity contribution in [3.05, 3.63) is 0 Å². The largest absolute Gasteiger partial charge is 0.123 e. The van der Waals surface area contributed by atoms with Crippen LogP contribution in [0, 0.1) is 0 Å². The Balaban J connectivity index is 0.000000151. The second-order valence-corrected chi connectivity index (χ2v) is 5.68. The fourth-order valence-corrected chi connectivity index (χ4v) is 2.78. The van der Waals surface area contributed by atoms with Crippen molar-refractivity contribution in [3.63, 3.8) is 0 Å². The van der Waals surface area contributed by atoms with E-state index in [4.69, 9.17) is 11.6 Å². The minimum Gasteiger partial charge on any atom is -0.123 e. The van der Waals surface area contributed by atoms with Crippen LogP contribution in [0.25, 0.3) is 0 Å². The zero-order valence-corrected chi connectivity index (χ0v) is 10.9. The van der Waals surface area contributed by atoms with Crippen molar-refractivity contribution in [1.82, 2.24) is 0 Å². The van der Waals surface area contributed by atoms with Gasteiger partial charge in [-0.15, -0.1) is 11.6 Å². The maximum atomic E-state index is 5.92. The van der Waals surface area contributed by atoms with E-state index in [1.807, 2.05) is 0 Å². The lowest BCUT2D eigenvalue weighted by atomic mass is 10.2. The first-order chi connectivity index (χ1) is 7.39. The maximum Gasteiger partial charge on any atom is 0.0336 e. The van der Waals surface area contributed by atoms with Gasteiger partial charge in [0.15, 0.2) is 0 Å². The van der Waals surface area contributed by atoms with E-state index in [0.29, 0.717) is 5.38 Å². The van der Waals surface area contributed by atoms with E-state index in [1.54, 1.807) is 0 Å². The maximum absolute atomic E-state index is 5.92. The predicted molar refractivity (Wildman–Crippen MR) is 69.7 cm³/mol. The van der Waals surface area contributed by atoms with Crippen molar-refractivity contribution in [3.8, 4) is 0 Å². The highest BCUT2D eigenvalue weighted by Gasteiger charge is 2.07. The fraction of sp³-hybridized carbons (Fsp3) is 1.00. The second kappa shape index (κ2) is 9.51. The van der Waals surface area contributed by atoms with Crippen LogP contribution >= 0.6 is 11.6 Å². The van der Waals surface area contributed by atoms with Crippen LogP contribution in [-0.2, 0) is 0 Å². The monoisotopic (exact) mass is 230 g/mol. The van der Waals surface area contributed by atoms with E-state index in [9.17, 15) is 0 Å². The number of hydrogen-bond acceptors (Lipinski definition) is 0. The van der Waals surface area contributed by atoms with Crippen molar-refractivity contribution in [2.24, 2.45) is 0 Å². The Hall–Kier alpha value is 0.290. The average molecular weight is 231 g/mol. The summed E-state index contributed by atoms with van der Waals surface area (Å²) in [6, 6.07) is 0. The molecule has 0 atom stereocenters. The summed E-state index contributed by atoms with van der Waals surface area (Å²) < 4.78 is 0. The Morgan fingerprint density at radius 1 is 0.467 bits per heavy atom. The van der Waals surface area contributed by atoms with Crippen molar-refractivity contribution >= 4 is 11.6 Å². The number of hydrogen-bond donors (Lipinski definition) is 0. The predicted octanol–water partition coefficient (Wildman–Crippen LogP) is 5.68. The molecule has 0 radical (unpaired) electrons. The first-order valence-corrected chi connectivity index (χ1v) is 7.47. The van der Waals surface area contributed by atoms with Gasteiger partial charge in [0, 0.05) is 5.38 Å². The minimum atomic E-state index is 0.498. The zero-order chi connectivity index (χ0) is 10.8. The molecule has 0 nitrogen and oxygen atoms in total. The van der Waals surface area contributed by atoms with Gasteiger partial charge in [0.25, 0.3) is 0 Å². The van der Waals surface area contributed by atoms with Crippen molar-refractivity contribution in [1.29, 1.82) is 0 Å². The Labute approximate surface area is 101 Å². The molecule has 15 heavy (non-hydrogen) atoms. The third-order valence-electron chi connectivity index (χ3n) is 3.53. The van der Waals surface area contributed by atoms with Gasteiger partial charge in [-0.2, -0.15) is 0 Å². The third-order valence-corrected chi connectivity index (χ3v) is 3.97. The molecule has 90 valence electrons. The summed E-state index contributed by atoms with van der Waals surface area (Å²) in [4.78, 5) is 0. The lowest BCUT2D eigenvalue weighted by Gasteiger charge is -2.00. The van der Waals surface area contributed by atoms with Gasteiger partial charge in [-0.25, -0.2) is 0 Å². The van der Waals surface area contributed by atoms with E-state index in [-0.39, 0.29) is 0 Å². The number of rotatable bonds is 0. The molecular formula is C14H27Cl. The average Bonchev–Trinajstić information content (AvgIpc) is 2.64. The Bertz CT molecular complexity index is 106. The van der Waals surface area contributed by atoms with Crippen LogP contribution in [0.2, 0.25) is 0 Å². The van der Waals surface area contributed by atoms with Crippen LogP contribution in [0.3, 0.4) is 0 Å². The Morgan fingerprint density at radius 3 is 1.07 bits per heavy atom. The molecule has 2 fully saturated rings. The van der Waals surface area contributed by atoms with E-state index in [1.165, 1.54) is 83.5 Å². The van der Waals surface area contributed by atoms with Crippen LogP contribution in [0.15, 0.2) is 0 Å². The summed E-state index contributed by atoms with van der Waals surface area (Å²) in [6.07, 6.45) is 18.5. The molecule has 0 saturated heterocycles. The molecule has 2 rings (SSSR count). The molecule has 2 saturated carbocycles. The SMILES string of the molecule is C1CCCCCC1.ClC1CCCCCC1. The summed E-state index contributed by atoms with van der Waals surface area (Å²) in [7, 11) is 0. The first-order valence-electron chi connectivity index (χ1n) is 7.03. The van der Waals surface area contributed by atoms with E-state index < -0.39 is 0 Å². The van der Waals surface area contributed by atoms with Gasteiger partial charge < -0.3 is 0 Å². The van der Waals surface area contributed by atoms with Crippen LogP contribution in [0.1, 0.15) is 83.5 Å². The first kappa shape index (κ1) is 13.4. The minimum absolute atomic E-state index is 0.498. The molecule has 0 heterocycles. The van der Waals surface area contributed by atoms with Crippen molar-refractivity contribution < 1.29 is 0 Å². The summed E-state index contributed by atoms with van der Waals surface area (Å²) in [6.45, 7) is 0. The molecule has 1 heteroatoms. The van der Waals surface area contributed by atoms with Crippen LogP contribution in [0.4, 0.5) is 0 Å². The van der Waals surface area contributed by atoms with Gasteiger partial charge in [0.05, 0.1) is 0 Å². The lowest BCUT2D eigenvalue weighted by Crippen LogP contribution is -1.92. The van der Waals surface area contributed by atoms with Gasteiger partial charge >= 0.3 is 0 Å². The molecule has 0 aromatic carbocycles. The van der Waals surface area contributed by atoms with E-state index >= 15 is 0 Å². The fourth-order valence-electron chi connectivity index (χ4n) is 2.47. The van der Waals surface area contributed by atoms with Crippen LogP contribution in [0.5, 0.6) is 0 Å². The van der Waals surface area contributed by atoms with Crippen molar-refractivity contribution in [2.75, 3.05) is 0 Å². The molecule has 0 aromatic rings. The molecular weight excluding hydrogens is 204 g/mol. The molecule has 0 aliphatic heterocycles. The summed E-state index contributed by atoms with van der Waals surface area (Å²) in [5, 5.41) is 0.498. The molecule has 0 N–H and O–H groups in total. The quantitative estimate of drug-likeness (QED) is 0.371. The van der Waals surface area contributed by atoms with Gasteiger partial charge in [-0.05, 0) is 12.8 Å². The van der Waals surface area contributed by atoms with Crippen LogP contribution in [-0.4, -0.2) is 5.38 Å². The highest BCUT2D eigenvalue weighted by Crippen LogP contribution is 2.20.